The van der Waals surface area contributed by atoms with Gasteiger partial charge in [-0.05, 0) is 39.3 Å². The second-order valence-electron chi connectivity index (χ2n) is 6.30. The molecule has 3 aromatic heterocycles. The van der Waals surface area contributed by atoms with E-state index in [9.17, 15) is 5.11 Å². The molecule has 0 aliphatic rings. The minimum Gasteiger partial charge on any atom is -0.390 e. The molecule has 0 fully saturated rings. The minimum atomic E-state index is -0.0678. The topological polar surface area (TPSA) is 55.4 Å². The first-order valence-corrected chi connectivity index (χ1v) is 9.82. The van der Waals surface area contributed by atoms with E-state index in [1.54, 1.807) is 6.20 Å². The summed E-state index contributed by atoms with van der Waals surface area (Å²) in [6.45, 7) is 12.1. The van der Waals surface area contributed by atoms with Crippen LogP contribution in [0.4, 0.5) is 0 Å². The van der Waals surface area contributed by atoms with Gasteiger partial charge in [0.05, 0.1) is 23.5 Å². The molecule has 0 spiro atoms. The van der Waals surface area contributed by atoms with Crippen molar-refractivity contribution in [2.75, 3.05) is 0 Å². The number of fused-ring (bicyclic) bond motifs is 3. The highest BCUT2D eigenvalue weighted by atomic mass is 35.5. The van der Waals surface area contributed by atoms with Crippen LogP contribution in [-0.4, -0.2) is 24.0 Å². The van der Waals surface area contributed by atoms with Crippen molar-refractivity contribution in [1.29, 1.82) is 0 Å². The van der Waals surface area contributed by atoms with E-state index >= 15 is 0 Å². The Hall–Kier alpha value is -2.11. The molecule has 0 saturated carbocycles. The summed E-state index contributed by atoms with van der Waals surface area (Å²) in [6.07, 6.45) is 5.31. The normalized spacial score (nSPS) is 11.6. The van der Waals surface area contributed by atoms with E-state index in [0.29, 0.717) is 6.42 Å². The molecule has 0 atom stereocenters. The van der Waals surface area contributed by atoms with Crippen LogP contribution in [0.2, 0.25) is 0 Å². The van der Waals surface area contributed by atoms with E-state index in [-0.39, 0.29) is 6.61 Å². The highest BCUT2D eigenvalue weighted by molar-refractivity contribution is 6.30. The SMILES string of the molecule is CC.CC/C=C(/Cl)CC(=C(C)C)n1c2ncccc2n2c(CO)c(C)nc12. The van der Waals surface area contributed by atoms with Crippen molar-refractivity contribution in [3.63, 3.8) is 0 Å². The molecule has 0 radical (unpaired) electrons. The molecule has 0 saturated heterocycles. The Morgan fingerprint density at radius 2 is 2.00 bits per heavy atom. The van der Waals surface area contributed by atoms with Crippen molar-refractivity contribution in [1.82, 2.24) is 18.9 Å². The van der Waals surface area contributed by atoms with Gasteiger partial charge in [-0.2, -0.15) is 0 Å². The maximum atomic E-state index is 9.80. The third kappa shape index (κ3) is 3.94. The van der Waals surface area contributed by atoms with Gasteiger partial charge in [-0.1, -0.05) is 44.0 Å². The highest BCUT2D eigenvalue weighted by Crippen LogP contribution is 2.31. The second kappa shape index (κ2) is 9.20. The van der Waals surface area contributed by atoms with Crippen molar-refractivity contribution >= 4 is 34.2 Å². The summed E-state index contributed by atoms with van der Waals surface area (Å²) in [5.74, 6) is 0.757. The van der Waals surface area contributed by atoms with Crippen molar-refractivity contribution in [3.8, 4) is 0 Å². The fourth-order valence-corrected chi connectivity index (χ4v) is 3.43. The number of hydrogen-bond acceptors (Lipinski definition) is 3. The fraction of sp³-hybridized carbons (Fsp3) is 0.429. The number of aliphatic hydroxyl groups is 1. The van der Waals surface area contributed by atoms with E-state index in [2.05, 4.69) is 30.3 Å². The van der Waals surface area contributed by atoms with E-state index in [4.69, 9.17) is 16.6 Å². The molecule has 0 aromatic carbocycles. The lowest BCUT2D eigenvalue weighted by Crippen LogP contribution is -2.02. The van der Waals surface area contributed by atoms with Gasteiger partial charge in [-0.3, -0.25) is 8.97 Å². The molecule has 27 heavy (non-hydrogen) atoms. The summed E-state index contributed by atoms with van der Waals surface area (Å²) >= 11 is 6.43. The zero-order chi connectivity index (χ0) is 20.1. The molecule has 0 bridgehead atoms. The molecular formula is C21H29ClN4O. The van der Waals surface area contributed by atoms with Crippen LogP contribution in [0.3, 0.4) is 0 Å². The Labute approximate surface area is 166 Å². The van der Waals surface area contributed by atoms with E-state index in [1.165, 1.54) is 0 Å². The van der Waals surface area contributed by atoms with Gasteiger partial charge in [0.1, 0.15) is 0 Å². The standard InChI is InChI=1S/C19H23ClN4O.C2H6/c1-5-7-14(20)10-16(12(2)3)24-18-15(8-6-9-21-18)23-17(11-25)13(4)22-19(23)24;1-2/h6-9,25H,5,10-11H2,1-4H3;1-2H3/b14-7+;. The first-order chi connectivity index (χ1) is 13.0. The monoisotopic (exact) mass is 388 g/mol. The summed E-state index contributed by atoms with van der Waals surface area (Å²) in [6, 6.07) is 3.90. The van der Waals surface area contributed by atoms with Gasteiger partial charge in [0.25, 0.3) is 0 Å². The molecule has 0 unspecified atom stereocenters. The fourth-order valence-electron chi connectivity index (χ4n) is 3.15. The number of hydrogen-bond donors (Lipinski definition) is 1. The van der Waals surface area contributed by atoms with Crippen LogP contribution in [-0.2, 0) is 6.61 Å². The summed E-state index contributed by atoms with van der Waals surface area (Å²) in [4.78, 5) is 9.28. The van der Waals surface area contributed by atoms with E-state index in [0.717, 1.165) is 51.1 Å². The average molecular weight is 389 g/mol. The Balaban J connectivity index is 0.00000126. The molecule has 1 N–H and O–H groups in total. The van der Waals surface area contributed by atoms with E-state index < -0.39 is 0 Å². The van der Waals surface area contributed by atoms with Gasteiger partial charge in [-0.15, -0.1) is 0 Å². The van der Waals surface area contributed by atoms with Gasteiger partial charge < -0.3 is 5.11 Å². The largest absolute Gasteiger partial charge is 0.390 e. The average Bonchev–Trinajstić information content (AvgIpc) is 3.14. The van der Waals surface area contributed by atoms with Gasteiger partial charge in [0.2, 0.25) is 5.78 Å². The van der Waals surface area contributed by atoms with Crippen LogP contribution >= 0.6 is 11.6 Å². The number of aryl methyl sites for hydroxylation is 1. The molecule has 0 amide bonds. The first-order valence-electron chi connectivity index (χ1n) is 9.45. The van der Waals surface area contributed by atoms with E-state index in [1.807, 2.05) is 43.4 Å². The molecular weight excluding hydrogens is 360 g/mol. The van der Waals surface area contributed by atoms with Gasteiger partial charge in [0.15, 0.2) is 5.65 Å². The van der Waals surface area contributed by atoms with Crippen LogP contribution in [0.15, 0.2) is 35.0 Å². The summed E-state index contributed by atoms with van der Waals surface area (Å²) < 4.78 is 4.04. The van der Waals surface area contributed by atoms with Crippen molar-refractivity contribution in [2.24, 2.45) is 0 Å². The van der Waals surface area contributed by atoms with Crippen LogP contribution in [0.25, 0.3) is 22.6 Å². The van der Waals surface area contributed by atoms with Crippen molar-refractivity contribution in [2.45, 2.75) is 61.0 Å². The molecule has 3 rings (SSSR count). The quantitative estimate of drug-likeness (QED) is 0.611. The predicted octanol–water partition coefficient (Wildman–Crippen LogP) is 5.68. The molecule has 5 nitrogen and oxygen atoms in total. The number of halogens is 1. The number of aromatic nitrogens is 4. The first kappa shape index (κ1) is 21.2. The molecule has 146 valence electrons. The van der Waals surface area contributed by atoms with Crippen LogP contribution < -0.4 is 0 Å². The lowest BCUT2D eigenvalue weighted by molar-refractivity contribution is 0.275. The second-order valence-corrected chi connectivity index (χ2v) is 6.79. The third-order valence-corrected chi connectivity index (χ3v) is 4.62. The molecule has 6 heteroatoms. The Morgan fingerprint density at radius 1 is 1.30 bits per heavy atom. The molecule has 3 aromatic rings. The van der Waals surface area contributed by atoms with Gasteiger partial charge in [-0.25, -0.2) is 9.97 Å². The zero-order valence-electron chi connectivity index (χ0n) is 17.0. The molecule has 0 aliphatic heterocycles. The zero-order valence-corrected chi connectivity index (χ0v) is 17.8. The number of aliphatic hydroxyl groups excluding tert-OH is 1. The summed E-state index contributed by atoms with van der Waals surface area (Å²) in [7, 11) is 0. The number of nitrogens with zero attached hydrogens (tertiary/aromatic N) is 4. The smallest absolute Gasteiger partial charge is 0.221 e. The Bertz CT molecular complexity index is 991. The van der Waals surface area contributed by atoms with Crippen molar-refractivity contribution in [3.05, 3.63) is 46.4 Å². The Kier molecular flexibility index (Phi) is 7.22. The number of rotatable bonds is 5. The lowest BCUT2D eigenvalue weighted by atomic mass is 10.1. The molecule has 3 heterocycles. The number of imidazole rings is 2. The van der Waals surface area contributed by atoms with Crippen molar-refractivity contribution < 1.29 is 5.11 Å². The maximum Gasteiger partial charge on any atom is 0.221 e. The molecule has 0 aliphatic carbocycles. The number of allylic oxidation sites excluding steroid dienone is 4. The minimum absolute atomic E-state index is 0.0678. The number of pyridine rings is 1. The third-order valence-electron chi connectivity index (χ3n) is 4.33. The lowest BCUT2D eigenvalue weighted by Gasteiger charge is -2.12. The van der Waals surface area contributed by atoms with Crippen LogP contribution in [0.1, 0.15) is 58.8 Å². The summed E-state index contributed by atoms with van der Waals surface area (Å²) in [5, 5.41) is 10.6. The predicted molar refractivity (Wildman–Crippen MR) is 114 cm³/mol. The summed E-state index contributed by atoms with van der Waals surface area (Å²) in [5.41, 5.74) is 5.56. The maximum absolute atomic E-state index is 9.80. The van der Waals surface area contributed by atoms with Gasteiger partial charge >= 0.3 is 0 Å². The van der Waals surface area contributed by atoms with Crippen LogP contribution in [0, 0.1) is 6.92 Å². The highest BCUT2D eigenvalue weighted by Gasteiger charge is 2.21. The van der Waals surface area contributed by atoms with Crippen LogP contribution in [0.5, 0.6) is 0 Å². The Morgan fingerprint density at radius 3 is 2.59 bits per heavy atom. The van der Waals surface area contributed by atoms with Gasteiger partial charge in [0, 0.05) is 23.3 Å².